The number of aliphatic hydroxyl groups is 1. The van der Waals surface area contributed by atoms with Gasteiger partial charge in [0, 0.05) is 26.7 Å². The molecule has 2 unspecified atom stereocenters. The van der Waals surface area contributed by atoms with Gasteiger partial charge in [-0.3, -0.25) is 0 Å². The maximum absolute atomic E-state index is 9.73. The summed E-state index contributed by atoms with van der Waals surface area (Å²) >= 11 is 14.0. The molecule has 0 heterocycles. The van der Waals surface area contributed by atoms with E-state index in [4.69, 9.17) is 23.2 Å². The zero-order valence-electron chi connectivity index (χ0n) is 11.8. The van der Waals surface area contributed by atoms with Gasteiger partial charge in [-0.15, -0.1) is 11.8 Å². The first-order chi connectivity index (χ1) is 9.44. The number of aliphatic hydroxyl groups excluding tert-OH is 1. The largest absolute Gasteiger partial charge is 0.394 e. The number of rotatable bonds is 5. The average Bonchev–Trinajstić information content (AvgIpc) is 2.77. The summed E-state index contributed by atoms with van der Waals surface area (Å²) in [4.78, 5) is 1.03. The summed E-state index contributed by atoms with van der Waals surface area (Å²) in [5.41, 5.74) is -0.142. The van der Waals surface area contributed by atoms with Gasteiger partial charge in [-0.05, 0) is 37.5 Å². The second-order valence-corrected chi connectivity index (χ2v) is 7.98. The molecule has 2 rings (SSSR count). The molecule has 0 radical (unpaired) electrons. The number of benzene rings is 1. The smallest absolute Gasteiger partial charge is 0.0613 e. The number of thioether (sulfide) groups is 1. The van der Waals surface area contributed by atoms with E-state index >= 15 is 0 Å². The fourth-order valence-corrected chi connectivity index (χ4v) is 4.72. The molecule has 1 aliphatic carbocycles. The summed E-state index contributed by atoms with van der Waals surface area (Å²) in [5.74, 6) is 0. The first kappa shape index (κ1) is 16.4. The predicted molar refractivity (Wildman–Crippen MR) is 88.0 cm³/mol. The van der Waals surface area contributed by atoms with E-state index in [0.717, 1.165) is 29.2 Å². The summed E-state index contributed by atoms with van der Waals surface area (Å²) in [5, 5.41) is 15.2. The van der Waals surface area contributed by atoms with E-state index in [2.05, 4.69) is 19.2 Å². The van der Waals surface area contributed by atoms with Crippen molar-refractivity contribution in [2.45, 2.75) is 54.8 Å². The lowest BCUT2D eigenvalue weighted by Crippen LogP contribution is -2.49. The average molecular weight is 334 g/mol. The molecule has 2 nitrogen and oxygen atoms in total. The fraction of sp³-hybridized carbons (Fsp3) is 0.600. The van der Waals surface area contributed by atoms with Gasteiger partial charge >= 0.3 is 0 Å². The maximum Gasteiger partial charge on any atom is 0.0613 e. The first-order valence-corrected chi connectivity index (χ1v) is 8.58. The van der Waals surface area contributed by atoms with Crippen LogP contribution in [0.25, 0.3) is 0 Å². The van der Waals surface area contributed by atoms with Crippen molar-refractivity contribution in [2.75, 3.05) is 6.61 Å². The van der Waals surface area contributed by atoms with Crippen LogP contribution in [0.15, 0.2) is 23.1 Å². The number of halogens is 2. The Labute approximate surface area is 135 Å². The van der Waals surface area contributed by atoms with E-state index < -0.39 is 0 Å². The second-order valence-electron chi connectivity index (χ2n) is 5.79. The molecule has 0 aromatic heterocycles. The molecular formula is C15H21Cl2NOS. The molecule has 0 amide bonds. The summed E-state index contributed by atoms with van der Waals surface area (Å²) in [6.07, 6.45) is 3.03. The van der Waals surface area contributed by atoms with Crippen molar-refractivity contribution in [1.82, 2.24) is 5.32 Å². The van der Waals surface area contributed by atoms with E-state index in [9.17, 15) is 5.11 Å². The van der Waals surface area contributed by atoms with Crippen LogP contribution < -0.4 is 5.32 Å². The Kier molecular flexibility index (Phi) is 5.66. The van der Waals surface area contributed by atoms with Gasteiger partial charge in [0.2, 0.25) is 0 Å². The highest BCUT2D eigenvalue weighted by Gasteiger charge is 2.39. The molecule has 2 N–H and O–H groups in total. The van der Waals surface area contributed by atoms with Crippen LogP contribution in [-0.2, 0) is 0 Å². The molecule has 0 aliphatic heterocycles. The lowest BCUT2D eigenvalue weighted by Gasteiger charge is -2.31. The SMILES string of the molecule is CC(C)NC1(CO)CCC(Sc2cc(Cl)ccc2Cl)C1. The van der Waals surface area contributed by atoms with Crippen molar-refractivity contribution >= 4 is 35.0 Å². The van der Waals surface area contributed by atoms with E-state index in [1.807, 2.05) is 12.1 Å². The number of nitrogens with one attached hydrogen (secondary N) is 1. The van der Waals surface area contributed by atoms with Crippen LogP contribution in [0.4, 0.5) is 0 Å². The number of hydrogen-bond donors (Lipinski definition) is 2. The maximum atomic E-state index is 9.73. The van der Waals surface area contributed by atoms with Gasteiger partial charge in [-0.1, -0.05) is 37.0 Å². The Morgan fingerprint density at radius 3 is 2.85 bits per heavy atom. The van der Waals surface area contributed by atoms with Crippen molar-refractivity contribution in [3.8, 4) is 0 Å². The minimum Gasteiger partial charge on any atom is -0.394 e. The highest BCUT2D eigenvalue weighted by molar-refractivity contribution is 8.00. The number of hydrogen-bond acceptors (Lipinski definition) is 3. The lowest BCUT2D eigenvalue weighted by molar-refractivity contribution is 0.156. The highest BCUT2D eigenvalue weighted by atomic mass is 35.5. The third kappa shape index (κ3) is 4.05. The van der Waals surface area contributed by atoms with Gasteiger partial charge in [0.25, 0.3) is 0 Å². The van der Waals surface area contributed by atoms with Crippen molar-refractivity contribution < 1.29 is 5.11 Å². The normalized spacial score (nSPS) is 26.4. The summed E-state index contributed by atoms with van der Waals surface area (Å²) in [6, 6.07) is 5.94. The second kappa shape index (κ2) is 6.89. The summed E-state index contributed by atoms with van der Waals surface area (Å²) in [7, 11) is 0. The van der Waals surface area contributed by atoms with Gasteiger partial charge in [0.15, 0.2) is 0 Å². The third-order valence-electron chi connectivity index (χ3n) is 3.65. The predicted octanol–water partition coefficient (Wildman–Crippen LogP) is 4.37. The zero-order valence-corrected chi connectivity index (χ0v) is 14.2. The molecule has 0 spiro atoms. The van der Waals surface area contributed by atoms with Gasteiger partial charge < -0.3 is 10.4 Å². The quantitative estimate of drug-likeness (QED) is 0.839. The van der Waals surface area contributed by atoms with Crippen LogP contribution in [0.2, 0.25) is 10.0 Å². The van der Waals surface area contributed by atoms with Gasteiger partial charge in [0.1, 0.15) is 0 Å². The molecule has 1 aromatic rings. The molecule has 0 bridgehead atoms. The Morgan fingerprint density at radius 2 is 2.20 bits per heavy atom. The van der Waals surface area contributed by atoms with Crippen LogP contribution in [0.3, 0.4) is 0 Å². The molecule has 1 aliphatic rings. The van der Waals surface area contributed by atoms with E-state index in [1.54, 1.807) is 17.8 Å². The Balaban J connectivity index is 2.04. The first-order valence-electron chi connectivity index (χ1n) is 6.94. The molecule has 20 heavy (non-hydrogen) atoms. The topological polar surface area (TPSA) is 32.3 Å². The van der Waals surface area contributed by atoms with Crippen LogP contribution in [0.5, 0.6) is 0 Å². The Hall–Kier alpha value is 0.0700. The van der Waals surface area contributed by atoms with E-state index in [-0.39, 0.29) is 12.1 Å². The molecule has 0 saturated heterocycles. The molecule has 1 aromatic carbocycles. The molecule has 112 valence electrons. The van der Waals surface area contributed by atoms with Gasteiger partial charge in [-0.25, -0.2) is 0 Å². The van der Waals surface area contributed by atoms with Crippen molar-refractivity contribution in [1.29, 1.82) is 0 Å². The minimum absolute atomic E-state index is 0.142. The van der Waals surface area contributed by atoms with Crippen molar-refractivity contribution in [3.63, 3.8) is 0 Å². The molecular weight excluding hydrogens is 313 g/mol. The van der Waals surface area contributed by atoms with E-state index in [1.165, 1.54) is 0 Å². The van der Waals surface area contributed by atoms with Gasteiger partial charge in [-0.2, -0.15) is 0 Å². The van der Waals surface area contributed by atoms with Crippen LogP contribution in [-0.4, -0.2) is 28.5 Å². The molecule has 5 heteroatoms. The summed E-state index contributed by atoms with van der Waals surface area (Å²) in [6.45, 7) is 4.42. The van der Waals surface area contributed by atoms with Gasteiger partial charge in [0.05, 0.1) is 11.6 Å². The highest BCUT2D eigenvalue weighted by Crippen LogP contribution is 2.42. The Morgan fingerprint density at radius 1 is 1.45 bits per heavy atom. The fourth-order valence-electron chi connectivity index (χ4n) is 2.86. The molecule has 2 atom stereocenters. The van der Waals surface area contributed by atoms with Crippen molar-refractivity contribution in [2.24, 2.45) is 0 Å². The van der Waals surface area contributed by atoms with Crippen LogP contribution >= 0.6 is 35.0 Å². The monoisotopic (exact) mass is 333 g/mol. The lowest BCUT2D eigenvalue weighted by atomic mass is 9.98. The zero-order chi connectivity index (χ0) is 14.8. The van der Waals surface area contributed by atoms with E-state index in [0.29, 0.717) is 16.3 Å². The van der Waals surface area contributed by atoms with Crippen molar-refractivity contribution in [3.05, 3.63) is 28.2 Å². The Bertz CT molecular complexity index is 469. The minimum atomic E-state index is -0.142. The summed E-state index contributed by atoms with van der Waals surface area (Å²) < 4.78 is 0. The molecule has 1 saturated carbocycles. The standard InChI is InChI=1S/C15H21Cl2NOS/c1-10(2)18-15(9-19)6-5-12(8-15)20-14-7-11(16)3-4-13(14)17/h3-4,7,10,12,18-19H,5-6,8-9H2,1-2H3. The third-order valence-corrected chi connectivity index (χ3v) is 5.65. The van der Waals surface area contributed by atoms with Crippen LogP contribution in [0, 0.1) is 0 Å². The molecule has 1 fully saturated rings. The van der Waals surface area contributed by atoms with Crippen LogP contribution in [0.1, 0.15) is 33.1 Å².